The predicted molar refractivity (Wildman–Crippen MR) is 115 cm³/mol. The second-order valence-electron chi connectivity index (χ2n) is 7.31. The van der Waals surface area contributed by atoms with Crippen LogP contribution in [0.2, 0.25) is 0 Å². The number of esters is 1. The molecular formula is C24H24N2O5. The maximum Gasteiger partial charge on any atom is 0.341 e. The van der Waals surface area contributed by atoms with Gasteiger partial charge in [0.25, 0.3) is 5.91 Å². The molecule has 1 amide bonds. The van der Waals surface area contributed by atoms with Crippen LogP contribution in [-0.4, -0.2) is 55.2 Å². The van der Waals surface area contributed by atoms with Crippen molar-refractivity contribution in [3.63, 3.8) is 0 Å². The Morgan fingerprint density at radius 3 is 2.52 bits per heavy atom. The molecule has 1 aromatic heterocycles. The highest BCUT2D eigenvalue weighted by atomic mass is 16.5. The molecule has 160 valence electrons. The first-order chi connectivity index (χ1) is 15.1. The number of pyridine rings is 1. The molecular weight excluding hydrogens is 396 g/mol. The molecule has 1 aliphatic heterocycles. The Morgan fingerprint density at radius 2 is 1.81 bits per heavy atom. The number of benzene rings is 2. The Bertz CT molecular complexity index is 1090. The first kappa shape index (κ1) is 20.8. The van der Waals surface area contributed by atoms with E-state index in [0.717, 1.165) is 10.9 Å². The van der Waals surface area contributed by atoms with Crippen molar-refractivity contribution in [2.24, 2.45) is 0 Å². The van der Waals surface area contributed by atoms with Crippen LogP contribution >= 0.6 is 0 Å². The molecule has 1 saturated heterocycles. The van der Waals surface area contributed by atoms with Gasteiger partial charge in [0.05, 0.1) is 37.1 Å². The molecule has 1 fully saturated rings. The Hall–Kier alpha value is -3.45. The third-order valence-electron chi connectivity index (χ3n) is 5.31. The van der Waals surface area contributed by atoms with E-state index in [9.17, 15) is 9.59 Å². The summed E-state index contributed by atoms with van der Waals surface area (Å²) in [6.45, 7) is 3.63. The van der Waals surface area contributed by atoms with Gasteiger partial charge in [-0.3, -0.25) is 9.78 Å². The van der Waals surface area contributed by atoms with Crippen molar-refractivity contribution in [1.29, 1.82) is 0 Å². The zero-order chi connectivity index (χ0) is 21.8. The molecule has 1 aliphatic rings. The Balaban J connectivity index is 1.64. The van der Waals surface area contributed by atoms with Crippen LogP contribution in [0.15, 0.2) is 54.6 Å². The van der Waals surface area contributed by atoms with Gasteiger partial charge in [-0.05, 0) is 25.1 Å². The van der Waals surface area contributed by atoms with Gasteiger partial charge in [0.15, 0.2) is 0 Å². The summed E-state index contributed by atoms with van der Waals surface area (Å²) in [4.78, 5) is 32.5. The first-order valence-corrected chi connectivity index (χ1v) is 10.1. The number of rotatable bonds is 5. The van der Waals surface area contributed by atoms with Gasteiger partial charge in [0, 0.05) is 30.1 Å². The van der Waals surface area contributed by atoms with Crippen molar-refractivity contribution in [1.82, 2.24) is 9.88 Å². The van der Waals surface area contributed by atoms with Gasteiger partial charge in [0.2, 0.25) is 6.10 Å². The molecule has 0 bridgehead atoms. The lowest BCUT2D eigenvalue weighted by molar-refractivity contribution is -0.145. The van der Waals surface area contributed by atoms with E-state index in [-0.39, 0.29) is 5.91 Å². The summed E-state index contributed by atoms with van der Waals surface area (Å²) in [5.41, 5.74) is 2.20. The van der Waals surface area contributed by atoms with Crippen molar-refractivity contribution in [3.8, 4) is 5.75 Å². The molecule has 7 heteroatoms. The van der Waals surface area contributed by atoms with E-state index in [1.165, 1.54) is 0 Å². The fourth-order valence-corrected chi connectivity index (χ4v) is 3.59. The number of aromatic nitrogens is 1. The van der Waals surface area contributed by atoms with Crippen molar-refractivity contribution >= 4 is 22.8 Å². The minimum Gasteiger partial charge on any atom is -0.497 e. The van der Waals surface area contributed by atoms with E-state index in [4.69, 9.17) is 14.2 Å². The fourth-order valence-electron chi connectivity index (χ4n) is 3.59. The van der Waals surface area contributed by atoms with E-state index >= 15 is 0 Å². The summed E-state index contributed by atoms with van der Waals surface area (Å²) in [7, 11) is 1.59. The molecule has 2 aromatic carbocycles. The standard InChI is InChI=1S/C24H24N2O5/c1-16-20(14-18-8-9-19(29-2)15-21(18)25-16)24(28)31-22(17-6-4-3-5-7-17)23(27)26-10-12-30-13-11-26/h3-9,14-15,22H,10-13H2,1-2H3/t22-/m0/s1. The van der Waals surface area contributed by atoms with Crippen molar-refractivity contribution in [2.45, 2.75) is 13.0 Å². The number of fused-ring (bicyclic) bond motifs is 1. The molecule has 1 atom stereocenters. The highest BCUT2D eigenvalue weighted by Crippen LogP contribution is 2.26. The van der Waals surface area contributed by atoms with Crippen LogP contribution in [0.25, 0.3) is 10.9 Å². The highest BCUT2D eigenvalue weighted by Gasteiger charge is 2.31. The van der Waals surface area contributed by atoms with Crippen molar-refractivity contribution in [3.05, 3.63) is 71.4 Å². The molecule has 0 saturated carbocycles. The monoisotopic (exact) mass is 420 g/mol. The number of carbonyl (C=O) groups is 2. The van der Waals surface area contributed by atoms with E-state index in [1.807, 2.05) is 36.4 Å². The molecule has 7 nitrogen and oxygen atoms in total. The van der Waals surface area contributed by atoms with Crippen LogP contribution in [0.4, 0.5) is 0 Å². The number of carbonyl (C=O) groups excluding carboxylic acids is 2. The minimum absolute atomic E-state index is 0.251. The van der Waals surface area contributed by atoms with Crippen molar-refractivity contribution in [2.75, 3.05) is 33.4 Å². The van der Waals surface area contributed by atoms with E-state index in [1.54, 1.807) is 37.1 Å². The van der Waals surface area contributed by atoms with Gasteiger partial charge in [-0.2, -0.15) is 0 Å². The number of morpholine rings is 1. The topological polar surface area (TPSA) is 78.0 Å². The Morgan fingerprint density at radius 1 is 1.06 bits per heavy atom. The molecule has 4 rings (SSSR count). The highest BCUT2D eigenvalue weighted by molar-refractivity contribution is 5.97. The first-order valence-electron chi connectivity index (χ1n) is 10.1. The van der Waals surface area contributed by atoms with E-state index in [2.05, 4.69) is 4.98 Å². The van der Waals surface area contributed by atoms with Crippen LogP contribution in [0.1, 0.15) is 27.7 Å². The summed E-state index contributed by atoms with van der Waals surface area (Å²) in [5, 5.41) is 0.786. The van der Waals surface area contributed by atoms with Gasteiger partial charge in [-0.15, -0.1) is 0 Å². The average Bonchev–Trinajstić information content (AvgIpc) is 2.82. The number of hydrogen-bond acceptors (Lipinski definition) is 6. The summed E-state index contributed by atoms with van der Waals surface area (Å²) in [6.07, 6.45) is -1.03. The quantitative estimate of drug-likeness (QED) is 0.590. The lowest BCUT2D eigenvalue weighted by Gasteiger charge is -2.30. The van der Waals surface area contributed by atoms with Gasteiger partial charge in [0.1, 0.15) is 5.75 Å². The number of nitrogens with zero attached hydrogens (tertiary/aromatic N) is 2. The summed E-state index contributed by atoms with van der Waals surface area (Å²) >= 11 is 0. The number of amides is 1. The third-order valence-corrected chi connectivity index (χ3v) is 5.31. The van der Waals surface area contributed by atoms with Gasteiger partial charge >= 0.3 is 5.97 Å². The molecule has 0 radical (unpaired) electrons. The zero-order valence-corrected chi connectivity index (χ0v) is 17.5. The molecule has 0 N–H and O–H groups in total. The summed E-state index contributed by atoms with van der Waals surface area (Å²) < 4.78 is 16.4. The molecule has 3 aromatic rings. The Labute approximate surface area is 180 Å². The van der Waals surface area contributed by atoms with Crippen LogP contribution in [0.5, 0.6) is 5.75 Å². The molecule has 2 heterocycles. The van der Waals surface area contributed by atoms with Crippen LogP contribution in [0, 0.1) is 6.92 Å². The second-order valence-corrected chi connectivity index (χ2v) is 7.31. The fraction of sp³-hybridized carbons (Fsp3) is 0.292. The number of aryl methyl sites for hydroxylation is 1. The predicted octanol–water partition coefficient (Wildman–Crippen LogP) is 3.31. The van der Waals surface area contributed by atoms with Crippen molar-refractivity contribution < 1.29 is 23.8 Å². The number of methoxy groups -OCH3 is 1. The van der Waals surface area contributed by atoms with E-state index < -0.39 is 12.1 Å². The maximum absolute atomic E-state index is 13.2. The molecule has 0 unspecified atom stereocenters. The molecule has 0 spiro atoms. The lowest BCUT2D eigenvalue weighted by Crippen LogP contribution is -2.44. The largest absolute Gasteiger partial charge is 0.497 e. The number of ether oxygens (including phenoxy) is 3. The second kappa shape index (κ2) is 9.14. The molecule has 0 aliphatic carbocycles. The van der Waals surface area contributed by atoms with Crippen LogP contribution in [0.3, 0.4) is 0 Å². The number of hydrogen-bond donors (Lipinski definition) is 0. The van der Waals surface area contributed by atoms with Gasteiger partial charge in [-0.25, -0.2) is 4.79 Å². The SMILES string of the molecule is COc1ccc2cc(C(=O)O[C@H](C(=O)N3CCOCC3)c3ccccc3)c(C)nc2c1. The summed E-state index contributed by atoms with van der Waals surface area (Å²) in [5.74, 6) is -0.146. The van der Waals surface area contributed by atoms with Gasteiger partial charge in [-0.1, -0.05) is 30.3 Å². The van der Waals surface area contributed by atoms with Crippen LogP contribution in [-0.2, 0) is 14.3 Å². The molecule has 31 heavy (non-hydrogen) atoms. The summed E-state index contributed by atoms with van der Waals surface area (Å²) in [6, 6.07) is 16.3. The maximum atomic E-state index is 13.2. The third kappa shape index (κ3) is 4.51. The minimum atomic E-state index is -1.03. The lowest BCUT2D eigenvalue weighted by atomic mass is 10.1. The van der Waals surface area contributed by atoms with E-state index in [0.29, 0.717) is 48.9 Å². The normalized spacial score (nSPS) is 14.8. The smallest absolute Gasteiger partial charge is 0.341 e. The van der Waals surface area contributed by atoms with Crippen LogP contribution < -0.4 is 4.74 Å². The Kier molecular flexibility index (Phi) is 6.13. The van der Waals surface area contributed by atoms with Gasteiger partial charge < -0.3 is 19.1 Å². The average molecular weight is 420 g/mol. The zero-order valence-electron chi connectivity index (χ0n) is 17.5.